The van der Waals surface area contributed by atoms with Gasteiger partial charge < -0.3 is 20.1 Å². The lowest BCUT2D eigenvalue weighted by Crippen LogP contribution is -2.47. The van der Waals surface area contributed by atoms with Crippen LogP contribution in [0.25, 0.3) is 16.3 Å². The van der Waals surface area contributed by atoms with Crippen molar-refractivity contribution in [3.63, 3.8) is 0 Å². The number of aromatic nitrogens is 4. The van der Waals surface area contributed by atoms with Crippen LogP contribution in [0.15, 0.2) is 41.3 Å². The van der Waals surface area contributed by atoms with Crippen LogP contribution in [-0.4, -0.2) is 66.9 Å². The minimum Gasteiger partial charge on any atom is -0.396 e. The van der Waals surface area contributed by atoms with Crippen LogP contribution < -0.4 is 5.73 Å². The molecule has 2 aliphatic heterocycles. The third kappa shape index (κ3) is 4.86. The summed E-state index contributed by atoms with van der Waals surface area (Å²) < 4.78 is 31.7. The van der Waals surface area contributed by atoms with Gasteiger partial charge in [0.15, 0.2) is 5.82 Å². The highest BCUT2D eigenvalue weighted by molar-refractivity contribution is 9.10. The van der Waals surface area contributed by atoms with Crippen LogP contribution in [0.2, 0.25) is 0 Å². The largest absolute Gasteiger partial charge is 0.396 e. The molecule has 2 N–H and O–H groups in total. The van der Waals surface area contributed by atoms with Gasteiger partial charge in [-0.15, -0.1) is 16.4 Å². The molecular weight excluding hydrogens is 640 g/mol. The zero-order valence-corrected chi connectivity index (χ0v) is 25.7. The maximum atomic E-state index is 14.3. The zero-order chi connectivity index (χ0) is 29.8. The number of carbonyl (C=O) groups is 2. The molecule has 0 radical (unpaired) electrons. The summed E-state index contributed by atoms with van der Waals surface area (Å²) in [5.74, 6) is -1.69. The molecule has 3 aromatic heterocycles. The standard InChI is InChI=1S/C30H30BrF2N7O2S/c31-25-20(32)15-19(27(34)26(25)33)21-16-40(36-35-21)22-9-14-39(28(22)41)17-7-12-37(13-8-17)29(42)24-18-5-1-2-6-23(18)43-30(24)38-10-3-4-11-38/h3-4,10-11,15-17,22H,1-2,5-9,12-14,34H2. The lowest BCUT2D eigenvalue weighted by molar-refractivity contribution is -0.133. The molecule has 4 aromatic rings. The van der Waals surface area contributed by atoms with E-state index < -0.39 is 17.7 Å². The first kappa shape index (κ1) is 28.2. The predicted octanol–water partition coefficient (Wildman–Crippen LogP) is 5.38. The van der Waals surface area contributed by atoms with Gasteiger partial charge in [0.05, 0.1) is 21.9 Å². The summed E-state index contributed by atoms with van der Waals surface area (Å²) in [6, 6.07) is 4.52. The Balaban J connectivity index is 1.04. The molecule has 0 bridgehead atoms. The first-order valence-electron chi connectivity index (χ1n) is 14.5. The number of rotatable bonds is 5. The summed E-state index contributed by atoms with van der Waals surface area (Å²) in [7, 11) is 0. The van der Waals surface area contributed by atoms with Crippen molar-refractivity contribution >= 4 is 44.8 Å². The Kier molecular flexibility index (Phi) is 7.32. The molecule has 1 unspecified atom stereocenters. The molecule has 0 saturated carbocycles. The van der Waals surface area contributed by atoms with Crippen molar-refractivity contribution in [2.45, 2.75) is 57.0 Å². The van der Waals surface area contributed by atoms with Crippen LogP contribution in [0.1, 0.15) is 58.9 Å². The molecule has 0 spiro atoms. The Morgan fingerprint density at radius 1 is 1.07 bits per heavy atom. The van der Waals surface area contributed by atoms with Gasteiger partial charge in [0.25, 0.3) is 5.91 Å². The fourth-order valence-electron chi connectivity index (χ4n) is 6.63. The van der Waals surface area contributed by atoms with E-state index in [4.69, 9.17) is 5.73 Å². The average Bonchev–Trinajstić information content (AvgIpc) is 3.83. The molecule has 1 aliphatic carbocycles. The van der Waals surface area contributed by atoms with Gasteiger partial charge in [-0.25, -0.2) is 13.5 Å². The number of nitrogens with two attached hydrogens (primary N) is 1. The number of nitrogen functional groups attached to an aromatic ring is 1. The fourth-order valence-corrected chi connectivity index (χ4v) is 8.31. The summed E-state index contributed by atoms with van der Waals surface area (Å²) in [6.45, 7) is 1.74. The highest BCUT2D eigenvalue weighted by atomic mass is 79.9. The van der Waals surface area contributed by atoms with E-state index in [2.05, 4.69) is 30.8 Å². The highest BCUT2D eigenvalue weighted by Gasteiger charge is 2.40. The van der Waals surface area contributed by atoms with Crippen LogP contribution in [0, 0.1) is 11.6 Å². The van der Waals surface area contributed by atoms with Crippen molar-refractivity contribution in [1.82, 2.24) is 29.4 Å². The van der Waals surface area contributed by atoms with E-state index in [1.54, 1.807) is 11.3 Å². The number of hydrogen-bond acceptors (Lipinski definition) is 6. The second-order valence-corrected chi connectivity index (χ2v) is 13.2. The summed E-state index contributed by atoms with van der Waals surface area (Å²) in [4.78, 5) is 32.6. The van der Waals surface area contributed by atoms with Crippen LogP contribution >= 0.6 is 27.3 Å². The van der Waals surface area contributed by atoms with Crippen molar-refractivity contribution in [2.75, 3.05) is 25.4 Å². The van der Waals surface area contributed by atoms with Crippen molar-refractivity contribution in [3.05, 3.63) is 68.9 Å². The molecular formula is C30H30BrF2N7O2S. The van der Waals surface area contributed by atoms with E-state index in [1.165, 1.54) is 21.3 Å². The number of benzene rings is 1. The molecule has 2 saturated heterocycles. The molecule has 9 nitrogen and oxygen atoms in total. The van der Waals surface area contributed by atoms with Gasteiger partial charge >= 0.3 is 0 Å². The number of carbonyl (C=O) groups excluding carboxylic acids is 2. The highest BCUT2D eigenvalue weighted by Crippen LogP contribution is 2.39. The van der Waals surface area contributed by atoms with Gasteiger partial charge in [0, 0.05) is 48.5 Å². The Morgan fingerprint density at radius 3 is 2.58 bits per heavy atom. The minimum atomic E-state index is -0.905. The molecule has 2 fully saturated rings. The summed E-state index contributed by atoms with van der Waals surface area (Å²) in [5, 5.41) is 9.17. The quantitative estimate of drug-likeness (QED) is 0.227. The van der Waals surface area contributed by atoms with E-state index in [-0.39, 0.29) is 39.3 Å². The number of fused-ring (bicyclic) bond motifs is 1. The summed E-state index contributed by atoms with van der Waals surface area (Å²) in [5.41, 5.74) is 7.96. The fraction of sp³-hybridized carbons (Fsp3) is 0.400. The average molecular weight is 671 g/mol. The molecule has 1 atom stereocenters. The van der Waals surface area contributed by atoms with Gasteiger partial charge in [0.1, 0.15) is 22.6 Å². The maximum absolute atomic E-state index is 14.3. The van der Waals surface area contributed by atoms with E-state index in [1.807, 2.05) is 34.3 Å². The monoisotopic (exact) mass is 669 g/mol. The lowest BCUT2D eigenvalue weighted by Gasteiger charge is -2.37. The predicted molar refractivity (Wildman–Crippen MR) is 162 cm³/mol. The number of piperidine rings is 1. The first-order chi connectivity index (χ1) is 20.8. The molecule has 7 rings (SSSR count). The van der Waals surface area contributed by atoms with Crippen LogP contribution in [0.5, 0.6) is 0 Å². The minimum absolute atomic E-state index is 0.0233. The second-order valence-electron chi connectivity index (χ2n) is 11.4. The summed E-state index contributed by atoms with van der Waals surface area (Å²) >= 11 is 4.59. The Labute approximate surface area is 259 Å². The first-order valence-corrected chi connectivity index (χ1v) is 16.2. The Bertz CT molecular complexity index is 1710. The van der Waals surface area contributed by atoms with E-state index in [0.717, 1.165) is 42.3 Å². The summed E-state index contributed by atoms with van der Waals surface area (Å²) in [6.07, 6.45) is 11.7. The molecule has 5 heterocycles. The molecule has 43 heavy (non-hydrogen) atoms. The number of anilines is 1. The van der Waals surface area contributed by atoms with Gasteiger partial charge in [-0.05, 0) is 84.6 Å². The molecule has 2 amide bonds. The lowest BCUT2D eigenvalue weighted by atomic mass is 9.94. The Hall–Kier alpha value is -3.58. The molecule has 13 heteroatoms. The normalized spacial score (nSPS) is 19.3. The SMILES string of the molecule is Nc1c(-c2cn(C3CCN(C4CCN(C(=O)c5c(-n6cccc6)sc6c5CCCC6)CC4)C3=O)nn2)cc(F)c(Br)c1F. The van der Waals surface area contributed by atoms with Crippen LogP contribution in [0.4, 0.5) is 14.5 Å². The van der Waals surface area contributed by atoms with Crippen molar-refractivity contribution < 1.29 is 18.4 Å². The van der Waals surface area contributed by atoms with Gasteiger partial charge in [-0.2, -0.15) is 0 Å². The number of hydrogen-bond donors (Lipinski definition) is 1. The van der Waals surface area contributed by atoms with Crippen molar-refractivity contribution in [2.24, 2.45) is 0 Å². The molecule has 224 valence electrons. The number of nitrogens with zero attached hydrogens (tertiary/aromatic N) is 6. The maximum Gasteiger partial charge on any atom is 0.257 e. The number of likely N-dealkylation sites (tertiary alicyclic amines) is 2. The van der Waals surface area contributed by atoms with Gasteiger partial charge in [0.2, 0.25) is 5.91 Å². The van der Waals surface area contributed by atoms with Crippen molar-refractivity contribution in [1.29, 1.82) is 0 Å². The molecule has 1 aromatic carbocycles. The van der Waals surface area contributed by atoms with Crippen LogP contribution in [0.3, 0.4) is 0 Å². The second kappa shape index (κ2) is 11.2. The van der Waals surface area contributed by atoms with E-state index >= 15 is 0 Å². The van der Waals surface area contributed by atoms with Crippen LogP contribution in [-0.2, 0) is 17.6 Å². The Morgan fingerprint density at radius 2 is 1.81 bits per heavy atom. The number of amides is 2. The van der Waals surface area contributed by atoms with Gasteiger partial charge in [-0.1, -0.05) is 5.21 Å². The van der Waals surface area contributed by atoms with Crippen molar-refractivity contribution in [3.8, 4) is 16.3 Å². The third-order valence-electron chi connectivity index (χ3n) is 8.92. The number of halogens is 3. The number of aryl methyl sites for hydroxylation is 1. The number of thiophene rings is 1. The van der Waals surface area contributed by atoms with Gasteiger partial charge in [-0.3, -0.25) is 9.59 Å². The smallest absolute Gasteiger partial charge is 0.257 e. The molecule has 3 aliphatic rings. The zero-order valence-electron chi connectivity index (χ0n) is 23.3. The topological polar surface area (TPSA) is 102 Å². The van der Waals surface area contributed by atoms with E-state index in [9.17, 15) is 18.4 Å². The third-order valence-corrected chi connectivity index (χ3v) is 10.9. The van der Waals surface area contributed by atoms with E-state index in [0.29, 0.717) is 38.9 Å².